The lowest BCUT2D eigenvalue weighted by Crippen LogP contribution is -2.39. The lowest BCUT2D eigenvalue weighted by molar-refractivity contribution is -0.139. The third-order valence-electron chi connectivity index (χ3n) is 6.45. The molecule has 9 nitrogen and oxygen atoms in total. The van der Waals surface area contributed by atoms with Gasteiger partial charge in [-0.05, 0) is 49.7 Å². The number of carbonyl (C=O) groups excluding carboxylic acids is 2. The minimum Gasteiger partial charge on any atom is -0.497 e. The topological polar surface area (TPSA) is 109 Å². The first-order valence-electron chi connectivity index (χ1n) is 12.5. The highest BCUT2D eigenvalue weighted by Crippen LogP contribution is 2.32. The highest BCUT2D eigenvalue weighted by atomic mass is 32.1. The molecule has 0 unspecified atom stereocenters. The van der Waals surface area contributed by atoms with Gasteiger partial charge >= 0.3 is 11.9 Å². The zero-order chi connectivity index (χ0) is 28.4. The summed E-state index contributed by atoms with van der Waals surface area (Å²) in [6.07, 6.45) is 1.63. The summed E-state index contributed by atoms with van der Waals surface area (Å²) in [7, 11) is 2.89. The first kappa shape index (κ1) is 26.9. The van der Waals surface area contributed by atoms with Crippen molar-refractivity contribution >= 4 is 29.4 Å². The fourth-order valence-corrected chi connectivity index (χ4v) is 5.61. The van der Waals surface area contributed by atoms with Crippen LogP contribution < -0.4 is 19.6 Å². The molecule has 204 valence electrons. The number of ether oxygens (including phenoxy) is 3. The van der Waals surface area contributed by atoms with Crippen molar-refractivity contribution in [3.05, 3.63) is 109 Å². The molecule has 4 aromatic rings. The molecule has 0 amide bonds. The van der Waals surface area contributed by atoms with Gasteiger partial charge in [0.05, 0.1) is 48.2 Å². The molecular weight excluding hydrogens is 532 g/mol. The van der Waals surface area contributed by atoms with Crippen LogP contribution in [0.3, 0.4) is 0 Å². The van der Waals surface area contributed by atoms with Crippen LogP contribution in [0.5, 0.6) is 5.75 Å². The number of carbonyl (C=O) groups is 2. The number of thiazole rings is 1. The number of benzene rings is 2. The first-order chi connectivity index (χ1) is 19.4. The minimum atomic E-state index is -0.734. The normalized spacial score (nSPS) is 14.9. The van der Waals surface area contributed by atoms with E-state index in [1.54, 1.807) is 75.6 Å². The smallest absolute Gasteiger partial charge is 0.338 e. The number of hydrogen-bond donors (Lipinski definition) is 0. The summed E-state index contributed by atoms with van der Waals surface area (Å²) in [5, 5.41) is 0. The lowest BCUT2D eigenvalue weighted by Gasteiger charge is -2.24. The van der Waals surface area contributed by atoms with Gasteiger partial charge in [0, 0.05) is 11.6 Å². The van der Waals surface area contributed by atoms with Crippen LogP contribution in [0.2, 0.25) is 0 Å². The average molecular weight is 559 g/mol. The third-order valence-corrected chi connectivity index (χ3v) is 7.43. The molecule has 0 aliphatic carbocycles. The molecule has 3 heterocycles. The first-order valence-corrected chi connectivity index (χ1v) is 13.3. The molecule has 0 fully saturated rings. The second-order valence-corrected chi connectivity index (χ2v) is 9.82. The number of rotatable bonds is 7. The van der Waals surface area contributed by atoms with E-state index in [-0.39, 0.29) is 12.2 Å². The number of fused-ring (bicyclic) bond motifs is 1. The average Bonchev–Trinajstić information content (AvgIpc) is 3.56. The highest BCUT2D eigenvalue weighted by molar-refractivity contribution is 7.07. The molecule has 2 aromatic heterocycles. The Labute approximate surface area is 233 Å². The van der Waals surface area contributed by atoms with Crippen molar-refractivity contribution in [2.75, 3.05) is 20.8 Å². The number of hydrogen-bond acceptors (Lipinski definition) is 9. The SMILES string of the molecule is CCOC(=O)C1=C(C)N=c2s/c(=C/c3ccc(-c4ccccc4C(=O)OC)o3)c(=O)n2[C@H]1c1ccc(OC)cc1. The number of methoxy groups -OCH3 is 2. The van der Waals surface area contributed by atoms with Crippen LogP contribution in [0.15, 0.2) is 86.1 Å². The van der Waals surface area contributed by atoms with E-state index >= 15 is 0 Å². The van der Waals surface area contributed by atoms with Crippen LogP contribution in [-0.4, -0.2) is 37.3 Å². The van der Waals surface area contributed by atoms with Crippen molar-refractivity contribution in [3.8, 4) is 17.1 Å². The summed E-state index contributed by atoms with van der Waals surface area (Å²) >= 11 is 1.19. The van der Waals surface area contributed by atoms with Crippen molar-refractivity contribution in [3.63, 3.8) is 0 Å². The summed E-state index contributed by atoms with van der Waals surface area (Å²) in [5.74, 6) is 0.516. The Morgan fingerprint density at radius 2 is 1.80 bits per heavy atom. The van der Waals surface area contributed by atoms with Gasteiger partial charge in [-0.2, -0.15) is 0 Å². The summed E-state index contributed by atoms with van der Waals surface area (Å²) in [6, 6.07) is 16.9. The van der Waals surface area contributed by atoms with Crippen LogP contribution in [0, 0.1) is 0 Å². The number of furan rings is 1. The summed E-state index contributed by atoms with van der Waals surface area (Å²) < 4.78 is 23.4. The summed E-state index contributed by atoms with van der Waals surface area (Å²) in [4.78, 5) is 44.1. The Morgan fingerprint density at radius 1 is 1.05 bits per heavy atom. The van der Waals surface area contributed by atoms with E-state index < -0.39 is 18.0 Å². The molecule has 0 saturated carbocycles. The van der Waals surface area contributed by atoms with E-state index in [0.717, 1.165) is 0 Å². The molecule has 0 N–H and O–H groups in total. The Morgan fingerprint density at radius 3 is 2.50 bits per heavy atom. The fraction of sp³-hybridized carbons (Fsp3) is 0.200. The molecule has 0 saturated heterocycles. The molecule has 1 aliphatic heterocycles. The van der Waals surface area contributed by atoms with E-state index in [2.05, 4.69) is 4.99 Å². The molecular formula is C30H26N2O7S. The van der Waals surface area contributed by atoms with Gasteiger partial charge in [-0.15, -0.1) is 0 Å². The Bertz CT molecular complexity index is 1810. The minimum absolute atomic E-state index is 0.190. The molecule has 5 rings (SSSR count). The maximum Gasteiger partial charge on any atom is 0.338 e. The number of allylic oxidation sites excluding steroid dienone is 1. The van der Waals surface area contributed by atoms with Gasteiger partial charge in [0.1, 0.15) is 17.3 Å². The quantitative estimate of drug-likeness (QED) is 0.317. The van der Waals surface area contributed by atoms with Gasteiger partial charge in [0.2, 0.25) is 0 Å². The molecule has 0 radical (unpaired) electrons. The van der Waals surface area contributed by atoms with E-state index in [9.17, 15) is 14.4 Å². The number of esters is 2. The maximum absolute atomic E-state index is 13.8. The molecule has 0 spiro atoms. The predicted molar refractivity (Wildman–Crippen MR) is 149 cm³/mol. The Balaban J connectivity index is 1.62. The van der Waals surface area contributed by atoms with Gasteiger partial charge in [0.25, 0.3) is 5.56 Å². The molecule has 0 bridgehead atoms. The Kier molecular flexibility index (Phi) is 7.52. The van der Waals surface area contributed by atoms with Crippen molar-refractivity contribution in [2.45, 2.75) is 19.9 Å². The van der Waals surface area contributed by atoms with Crippen LogP contribution in [0.4, 0.5) is 0 Å². The summed E-state index contributed by atoms with van der Waals surface area (Å²) in [5.41, 5.74) is 2.10. The lowest BCUT2D eigenvalue weighted by atomic mass is 9.96. The molecule has 10 heteroatoms. The monoisotopic (exact) mass is 558 g/mol. The second kappa shape index (κ2) is 11.2. The van der Waals surface area contributed by atoms with Crippen molar-refractivity contribution < 1.29 is 28.2 Å². The van der Waals surface area contributed by atoms with Gasteiger partial charge in [-0.3, -0.25) is 9.36 Å². The van der Waals surface area contributed by atoms with Crippen LogP contribution in [-0.2, 0) is 14.3 Å². The zero-order valence-electron chi connectivity index (χ0n) is 22.3. The van der Waals surface area contributed by atoms with Crippen molar-refractivity contribution in [2.24, 2.45) is 4.99 Å². The predicted octanol–water partition coefficient (Wildman–Crippen LogP) is 3.85. The van der Waals surface area contributed by atoms with E-state index in [4.69, 9.17) is 18.6 Å². The molecule has 1 aliphatic rings. The van der Waals surface area contributed by atoms with Gasteiger partial charge in [0.15, 0.2) is 4.80 Å². The second-order valence-electron chi connectivity index (χ2n) is 8.81. The van der Waals surface area contributed by atoms with Gasteiger partial charge in [-0.25, -0.2) is 14.6 Å². The third kappa shape index (κ3) is 4.89. The molecule has 40 heavy (non-hydrogen) atoms. The number of aromatic nitrogens is 1. The molecule has 2 aromatic carbocycles. The zero-order valence-corrected chi connectivity index (χ0v) is 23.1. The maximum atomic E-state index is 13.8. The van der Waals surface area contributed by atoms with Gasteiger partial charge < -0.3 is 18.6 Å². The highest BCUT2D eigenvalue weighted by Gasteiger charge is 2.33. The van der Waals surface area contributed by atoms with Crippen LogP contribution in [0.1, 0.15) is 41.6 Å². The number of nitrogens with zero attached hydrogens (tertiary/aromatic N) is 2. The van der Waals surface area contributed by atoms with E-state index in [0.29, 0.717) is 54.6 Å². The summed E-state index contributed by atoms with van der Waals surface area (Å²) in [6.45, 7) is 3.65. The molecule has 1 atom stereocenters. The van der Waals surface area contributed by atoms with Crippen molar-refractivity contribution in [1.82, 2.24) is 4.57 Å². The van der Waals surface area contributed by atoms with Crippen molar-refractivity contribution in [1.29, 1.82) is 0 Å². The van der Waals surface area contributed by atoms with Gasteiger partial charge in [-0.1, -0.05) is 41.7 Å². The van der Waals surface area contributed by atoms with Crippen LogP contribution >= 0.6 is 11.3 Å². The van der Waals surface area contributed by atoms with E-state index in [1.807, 2.05) is 12.1 Å². The Hall–Kier alpha value is -4.70. The largest absolute Gasteiger partial charge is 0.497 e. The van der Waals surface area contributed by atoms with E-state index in [1.165, 1.54) is 23.0 Å². The van der Waals surface area contributed by atoms with Crippen LogP contribution in [0.25, 0.3) is 17.4 Å². The fourth-order valence-electron chi connectivity index (χ4n) is 4.58. The standard InChI is InChI=1S/C30H26N2O7S/c1-5-38-29(35)25-17(2)31-30-32(26(25)18-10-12-19(36-3)13-11-18)27(33)24(40-30)16-20-14-15-23(39-20)21-8-6-7-9-22(21)28(34)37-4/h6-16,26H,5H2,1-4H3/b24-16+/t26-/m0/s1.